The maximum atomic E-state index is 12.6. The molecule has 4 atom stereocenters. The van der Waals surface area contributed by atoms with Crippen molar-refractivity contribution in [2.75, 3.05) is 13.7 Å². The first-order valence-corrected chi connectivity index (χ1v) is 9.10. The summed E-state index contributed by atoms with van der Waals surface area (Å²) >= 11 is 6.16. The minimum atomic E-state index is -1.15. The molecular formula is C19H17ClN2O6. The topological polar surface area (TPSA) is 106 Å². The van der Waals surface area contributed by atoms with Crippen LogP contribution in [0.25, 0.3) is 0 Å². The molecule has 28 heavy (non-hydrogen) atoms. The first-order chi connectivity index (χ1) is 13.4. The number of carbonyl (C=O) groups excluding carboxylic acids is 2. The molecule has 2 amide bonds. The van der Waals surface area contributed by atoms with Crippen LogP contribution < -0.4 is 9.47 Å². The summed E-state index contributed by atoms with van der Waals surface area (Å²) in [7, 11) is 1.39. The lowest BCUT2D eigenvalue weighted by Crippen LogP contribution is -2.28. The molecule has 2 bridgehead atoms. The highest BCUT2D eigenvalue weighted by Crippen LogP contribution is 2.52. The van der Waals surface area contributed by atoms with Gasteiger partial charge in [0.15, 0.2) is 18.1 Å². The zero-order chi connectivity index (χ0) is 20.0. The molecule has 8 nitrogen and oxygen atoms in total. The number of benzene rings is 1. The lowest BCUT2D eigenvalue weighted by Gasteiger charge is -2.13. The van der Waals surface area contributed by atoms with Crippen molar-refractivity contribution < 1.29 is 29.0 Å². The summed E-state index contributed by atoms with van der Waals surface area (Å²) in [6.07, 6.45) is 6.24. The molecule has 1 saturated carbocycles. The maximum absolute atomic E-state index is 12.6. The zero-order valence-electron chi connectivity index (χ0n) is 14.9. The fourth-order valence-electron chi connectivity index (χ4n) is 4.21. The third-order valence-corrected chi connectivity index (χ3v) is 5.64. The lowest BCUT2D eigenvalue weighted by molar-refractivity contribution is -0.141. The monoisotopic (exact) mass is 404 g/mol. The highest BCUT2D eigenvalue weighted by atomic mass is 35.5. The standard InChI is InChI=1S/C19H17ClN2O6/c1-27-13-5-9(4-12(20)17(13)28-8-14(23)24)7-21-22-18(25)15-10-2-3-11(6-10)16(15)19(22)26/h2-5,7,10-11,15-16H,6,8H2,1H3,(H,23,24)/b21-7-/t10-,11+,15-,16-/m0/s1. The van der Waals surface area contributed by atoms with Gasteiger partial charge < -0.3 is 14.6 Å². The number of amides is 2. The number of hydrazone groups is 1. The van der Waals surface area contributed by atoms with Crippen molar-refractivity contribution in [2.24, 2.45) is 28.8 Å². The number of imide groups is 1. The maximum Gasteiger partial charge on any atom is 0.341 e. The van der Waals surface area contributed by atoms with Gasteiger partial charge in [-0.1, -0.05) is 23.8 Å². The van der Waals surface area contributed by atoms with Crippen LogP contribution in [0.4, 0.5) is 0 Å². The van der Waals surface area contributed by atoms with Gasteiger partial charge in [0.1, 0.15) is 0 Å². The van der Waals surface area contributed by atoms with Gasteiger partial charge in [-0.25, -0.2) is 4.79 Å². The smallest absolute Gasteiger partial charge is 0.341 e. The average molecular weight is 405 g/mol. The van der Waals surface area contributed by atoms with Gasteiger partial charge in [0.25, 0.3) is 11.8 Å². The summed E-state index contributed by atoms with van der Waals surface area (Å²) in [4.78, 5) is 36.0. The number of ether oxygens (including phenoxy) is 2. The molecule has 1 N–H and O–H groups in total. The summed E-state index contributed by atoms with van der Waals surface area (Å²) in [5.74, 6) is -1.79. The van der Waals surface area contributed by atoms with Crippen LogP contribution in [0.2, 0.25) is 5.02 Å². The molecule has 1 aromatic carbocycles. The fourth-order valence-corrected chi connectivity index (χ4v) is 4.49. The van der Waals surface area contributed by atoms with Crippen molar-refractivity contribution in [3.8, 4) is 11.5 Å². The van der Waals surface area contributed by atoms with Crippen LogP contribution in [0.1, 0.15) is 12.0 Å². The zero-order valence-corrected chi connectivity index (χ0v) is 15.6. The first kappa shape index (κ1) is 18.5. The number of methoxy groups -OCH3 is 1. The quantitative estimate of drug-likeness (QED) is 0.441. The number of halogens is 1. The van der Waals surface area contributed by atoms with E-state index in [1.54, 1.807) is 0 Å². The second-order valence-electron chi connectivity index (χ2n) is 6.95. The highest BCUT2D eigenvalue weighted by molar-refractivity contribution is 6.32. The normalized spacial score (nSPS) is 27.7. The molecule has 1 saturated heterocycles. The number of rotatable bonds is 6. The predicted molar refractivity (Wildman–Crippen MR) is 98.3 cm³/mol. The Morgan fingerprint density at radius 3 is 2.50 bits per heavy atom. The average Bonchev–Trinajstić information content (AvgIpc) is 3.33. The van der Waals surface area contributed by atoms with Gasteiger partial charge in [0.05, 0.1) is 30.2 Å². The lowest BCUT2D eigenvalue weighted by atomic mass is 9.85. The first-order valence-electron chi connectivity index (χ1n) is 8.73. The number of carboxylic acids is 1. The Hall–Kier alpha value is -2.87. The molecule has 146 valence electrons. The molecule has 2 fully saturated rings. The fraction of sp³-hybridized carbons (Fsp3) is 0.368. The Kier molecular flexibility index (Phi) is 4.58. The molecule has 1 aliphatic heterocycles. The molecular weight excluding hydrogens is 388 g/mol. The van der Waals surface area contributed by atoms with Crippen LogP contribution in [0.3, 0.4) is 0 Å². The van der Waals surface area contributed by atoms with E-state index in [9.17, 15) is 14.4 Å². The summed E-state index contributed by atoms with van der Waals surface area (Å²) in [6.45, 7) is -0.570. The van der Waals surface area contributed by atoms with Crippen LogP contribution in [0, 0.1) is 23.7 Å². The number of nitrogens with zero attached hydrogens (tertiary/aromatic N) is 2. The number of hydrogen-bond acceptors (Lipinski definition) is 6. The molecule has 1 aromatic rings. The molecule has 1 heterocycles. The van der Waals surface area contributed by atoms with E-state index in [0.29, 0.717) is 5.56 Å². The van der Waals surface area contributed by atoms with Crippen molar-refractivity contribution in [2.45, 2.75) is 6.42 Å². The van der Waals surface area contributed by atoms with E-state index in [-0.39, 0.29) is 52.0 Å². The number of carboxylic acid groups (broad SMARTS) is 1. The molecule has 0 radical (unpaired) electrons. The van der Waals surface area contributed by atoms with E-state index in [2.05, 4.69) is 5.10 Å². The van der Waals surface area contributed by atoms with Crippen molar-refractivity contribution in [1.82, 2.24) is 5.01 Å². The predicted octanol–water partition coefficient (Wildman–Crippen LogP) is 1.95. The van der Waals surface area contributed by atoms with E-state index < -0.39 is 12.6 Å². The van der Waals surface area contributed by atoms with Crippen LogP contribution >= 0.6 is 11.6 Å². The van der Waals surface area contributed by atoms with Crippen molar-refractivity contribution >= 4 is 35.6 Å². The second-order valence-corrected chi connectivity index (χ2v) is 7.36. The Labute approximate surface area is 165 Å². The number of hydrogen-bond donors (Lipinski definition) is 1. The Bertz CT molecular complexity index is 897. The molecule has 4 rings (SSSR count). The van der Waals surface area contributed by atoms with Crippen molar-refractivity contribution in [3.63, 3.8) is 0 Å². The Balaban J connectivity index is 1.55. The minimum Gasteiger partial charge on any atom is -0.493 e. The van der Waals surface area contributed by atoms with Gasteiger partial charge in [-0.3, -0.25) is 9.59 Å². The summed E-state index contributed by atoms with van der Waals surface area (Å²) < 4.78 is 10.3. The molecule has 3 aliphatic rings. The summed E-state index contributed by atoms with van der Waals surface area (Å²) in [5.41, 5.74) is 0.475. The summed E-state index contributed by atoms with van der Waals surface area (Å²) in [5, 5.41) is 13.9. The van der Waals surface area contributed by atoms with Crippen molar-refractivity contribution in [3.05, 3.63) is 34.9 Å². The number of fused-ring (bicyclic) bond motifs is 5. The van der Waals surface area contributed by atoms with Gasteiger partial charge in [-0.05, 0) is 36.0 Å². The van der Waals surface area contributed by atoms with Crippen LogP contribution in [-0.2, 0) is 14.4 Å². The van der Waals surface area contributed by atoms with Crippen LogP contribution in [0.15, 0.2) is 29.4 Å². The minimum absolute atomic E-state index is 0.0919. The number of aliphatic carboxylic acids is 1. The van der Waals surface area contributed by atoms with E-state index in [4.69, 9.17) is 26.2 Å². The van der Waals surface area contributed by atoms with E-state index in [0.717, 1.165) is 11.4 Å². The molecule has 0 unspecified atom stereocenters. The van der Waals surface area contributed by atoms with Crippen LogP contribution in [0.5, 0.6) is 11.5 Å². The van der Waals surface area contributed by atoms with Gasteiger partial charge >= 0.3 is 5.97 Å². The van der Waals surface area contributed by atoms with Crippen LogP contribution in [-0.4, -0.2) is 47.8 Å². The molecule has 9 heteroatoms. The SMILES string of the molecule is COc1cc(/C=N\N2C(=O)[C@@H]3[C@@H](C2=O)[C@H]2C=C[C@@H]3C2)cc(Cl)c1OCC(=O)O. The van der Waals surface area contributed by atoms with Gasteiger partial charge in [-0.15, -0.1) is 0 Å². The van der Waals surface area contributed by atoms with E-state index in [1.807, 2.05) is 12.2 Å². The van der Waals surface area contributed by atoms with Gasteiger partial charge in [0, 0.05) is 0 Å². The van der Waals surface area contributed by atoms with E-state index >= 15 is 0 Å². The van der Waals surface area contributed by atoms with Crippen molar-refractivity contribution in [1.29, 1.82) is 0 Å². The molecule has 0 spiro atoms. The Morgan fingerprint density at radius 2 is 1.93 bits per heavy atom. The summed E-state index contributed by atoms with van der Waals surface area (Å²) in [6, 6.07) is 3.02. The second kappa shape index (κ2) is 6.94. The van der Waals surface area contributed by atoms with E-state index in [1.165, 1.54) is 25.5 Å². The van der Waals surface area contributed by atoms with Gasteiger partial charge in [-0.2, -0.15) is 10.1 Å². The molecule has 0 aromatic heterocycles. The third kappa shape index (κ3) is 2.93. The van der Waals surface area contributed by atoms with Gasteiger partial charge in [0.2, 0.25) is 0 Å². The molecule has 2 aliphatic carbocycles. The third-order valence-electron chi connectivity index (χ3n) is 5.36. The Morgan fingerprint density at radius 1 is 1.29 bits per heavy atom. The number of carbonyl (C=O) groups is 3. The highest BCUT2D eigenvalue weighted by Gasteiger charge is 2.59. The largest absolute Gasteiger partial charge is 0.493 e. The number of allylic oxidation sites excluding steroid dienone is 2.